The van der Waals surface area contributed by atoms with Crippen molar-refractivity contribution in [1.29, 1.82) is 0 Å². The van der Waals surface area contributed by atoms with E-state index >= 15 is 0 Å². The number of benzene rings is 1. The molecule has 0 radical (unpaired) electrons. The molecule has 0 atom stereocenters. The van der Waals surface area contributed by atoms with Crippen molar-refractivity contribution >= 4 is 23.5 Å². The van der Waals surface area contributed by atoms with Crippen molar-refractivity contribution in [2.45, 2.75) is 11.4 Å². The highest BCUT2D eigenvalue weighted by Gasteiger charge is 2.24. The van der Waals surface area contributed by atoms with E-state index in [1.165, 1.54) is 19.3 Å². The van der Waals surface area contributed by atoms with Crippen LogP contribution in [-0.4, -0.2) is 20.2 Å². The lowest BCUT2D eigenvalue weighted by molar-refractivity contribution is -0.131. The topological polar surface area (TPSA) is 93.3 Å². The molecule has 2 aromatic rings. The van der Waals surface area contributed by atoms with Gasteiger partial charge in [0.2, 0.25) is 0 Å². The predicted octanol–water partition coefficient (Wildman–Crippen LogP) is 1.32. The fourth-order valence-electron chi connectivity index (χ4n) is 2.33. The molecule has 1 aromatic carbocycles. The first kappa shape index (κ1) is 17.0. The summed E-state index contributed by atoms with van der Waals surface area (Å²) >= 11 is 0.717. The molecule has 130 valence electrons. The zero-order chi connectivity index (χ0) is 18.3. The molecule has 7 nitrogen and oxygen atoms in total. The molecule has 1 aliphatic rings. The Morgan fingerprint density at radius 3 is 2.64 bits per heavy atom. The van der Waals surface area contributed by atoms with E-state index in [1.54, 1.807) is 0 Å². The molecule has 0 saturated carbocycles. The number of carbonyl (C=O) groups is 1. The van der Waals surface area contributed by atoms with Crippen LogP contribution in [0.25, 0.3) is 0 Å². The fourth-order valence-corrected chi connectivity index (χ4v) is 3.25. The second kappa shape index (κ2) is 6.20. The number of hydrogen-bond donors (Lipinski definition) is 2. The van der Waals surface area contributed by atoms with Gasteiger partial charge in [0.15, 0.2) is 11.6 Å². The van der Waals surface area contributed by atoms with Gasteiger partial charge in [-0.2, -0.15) is 0 Å². The van der Waals surface area contributed by atoms with Crippen LogP contribution < -0.4 is 16.6 Å². The Morgan fingerprint density at radius 1 is 1.28 bits per heavy atom. The summed E-state index contributed by atoms with van der Waals surface area (Å²) in [5.41, 5.74) is -1.17. The zero-order valence-corrected chi connectivity index (χ0v) is 13.6. The molecule has 2 heterocycles. The van der Waals surface area contributed by atoms with Crippen LogP contribution in [0.4, 0.5) is 14.6 Å². The average molecular weight is 367 g/mol. The Morgan fingerprint density at radius 2 is 2.00 bits per heavy atom. The molecule has 0 spiro atoms. The van der Waals surface area contributed by atoms with Crippen molar-refractivity contribution < 1.29 is 18.7 Å². The van der Waals surface area contributed by atoms with Crippen molar-refractivity contribution in [3.05, 3.63) is 67.3 Å². The van der Waals surface area contributed by atoms with E-state index in [9.17, 15) is 23.2 Å². The normalized spacial score (nSPS) is 13.0. The van der Waals surface area contributed by atoms with E-state index in [-0.39, 0.29) is 27.7 Å². The van der Waals surface area contributed by atoms with Crippen molar-refractivity contribution in [1.82, 2.24) is 9.13 Å². The zero-order valence-electron chi connectivity index (χ0n) is 12.7. The lowest BCUT2D eigenvalue weighted by atomic mass is 10.2. The number of rotatable bonds is 3. The Balaban J connectivity index is 2.10. The minimum absolute atomic E-state index is 0.0320. The lowest BCUT2D eigenvalue weighted by Crippen LogP contribution is -2.41. The summed E-state index contributed by atoms with van der Waals surface area (Å²) in [6.07, 6.45) is 1.19. The highest BCUT2D eigenvalue weighted by molar-refractivity contribution is 8.04. The maximum Gasteiger partial charge on any atom is 0.344 e. The van der Waals surface area contributed by atoms with Crippen LogP contribution in [0, 0.1) is 11.6 Å². The smallest absolute Gasteiger partial charge is 0.344 e. The van der Waals surface area contributed by atoms with Crippen LogP contribution in [0.1, 0.15) is 5.56 Å². The summed E-state index contributed by atoms with van der Waals surface area (Å²) in [7, 11) is 1.41. The van der Waals surface area contributed by atoms with E-state index in [0.717, 1.165) is 21.3 Å². The lowest BCUT2D eigenvalue weighted by Gasteiger charge is -2.19. The third-order valence-electron chi connectivity index (χ3n) is 3.60. The number of fused-ring (bicyclic) bond motifs is 1. The van der Waals surface area contributed by atoms with Crippen molar-refractivity contribution in [3.8, 4) is 0 Å². The molecule has 1 aliphatic heterocycles. The van der Waals surface area contributed by atoms with Gasteiger partial charge in [-0.1, -0.05) is 17.8 Å². The number of halogens is 2. The summed E-state index contributed by atoms with van der Waals surface area (Å²) in [6, 6.07) is 3.06. The Labute approximate surface area is 143 Å². The molecule has 1 aromatic heterocycles. The van der Waals surface area contributed by atoms with E-state index in [0.29, 0.717) is 11.8 Å². The highest BCUT2D eigenvalue weighted by Crippen LogP contribution is 2.33. The van der Waals surface area contributed by atoms with Crippen LogP contribution in [0.15, 0.2) is 43.8 Å². The van der Waals surface area contributed by atoms with Crippen molar-refractivity contribution in [2.75, 3.05) is 5.32 Å². The molecule has 0 amide bonds. The van der Waals surface area contributed by atoms with E-state index in [4.69, 9.17) is 5.11 Å². The number of anilines is 1. The maximum absolute atomic E-state index is 13.3. The summed E-state index contributed by atoms with van der Waals surface area (Å²) in [6.45, 7) is -0.275. The van der Waals surface area contributed by atoms with Crippen molar-refractivity contribution in [3.63, 3.8) is 0 Å². The molecule has 0 fully saturated rings. The first-order chi connectivity index (χ1) is 11.8. The summed E-state index contributed by atoms with van der Waals surface area (Å²) in [5, 5.41) is 11.7. The second-order valence-corrected chi connectivity index (χ2v) is 6.27. The highest BCUT2D eigenvalue weighted by atomic mass is 32.2. The molecule has 2 N–H and O–H groups in total. The van der Waals surface area contributed by atoms with Crippen LogP contribution in [-0.2, 0) is 18.4 Å². The Bertz CT molecular complexity index is 1040. The first-order valence-corrected chi connectivity index (χ1v) is 7.77. The van der Waals surface area contributed by atoms with Gasteiger partial charge in [0, 0.05) is 13.2 Å². The number of thioether (sulfide) groups is 1. The number of aromatic nitrogens is 2. The van der Waals surface area contributed by atoms with Gasteiger partial charge in [0.25, 0.3) is 5.56 Å². The molecule has 0 aliphatic carbocycles. The summed E-state index contributed by atoms with van der Waals surface area (Å²) in [5.74, 6) is -3.17. The average Bonchev–Trinajstić information content (AvgIpc) is 2.59. The van der Waals surface area contributed by atoms with Crippen LogP contribution in [0.5, 0.6) is 0 Å². The third-order valence-corrected chi connectivity index (χ3v) is 4.68. The second-order valence-electron chi connectivity index (χ2n) is 5.22. The molecular weight excluding hydrogens is 356 g/mol. The van der Waals surface area contributed by atoms with Crippen LogP contribution in [0.2, 0.25) is 0 Å². The molecule has 10 heteroatoms. The van der Waals surface area contributed by atoms with Gasteiger partial charge >= 0.3 is 11.7 Å². The van der Waals surface area contributed by atoms with Gasteiger partial charge in [-0.05, 0) is 17.7 Å². The Hall–Kier alpha value is -2.88. The quantitative estimate of drug-likeness (QED) is 0.850. The molecule has 0 unspecified atom stereocenters. The van der Waals surface area contributed by atoms with E-state index in [1.807, 2.05) is 0 Å². The third kappa shape index (κ3) is 2.95. The predicted molar refractivity (Wildman–Crippen MR) is 86.6 cm³/mol. The minimum atomic E-state index is -1.22. The van der Waals surface area contributed by atoms with Crippen LogP contribution >= 0.6 is 11.8 Å². The SMILES string of the molecule is Cn1c2c(c(=O)n(Cc3ccc(F)c(F)c3)c1=O)SC(C(=O)O)=CN2. The number of aliphatic carboxylic acids is 1. The number of nitrogens with zero attached hydrogens (tertiary/aromatic N) is 2. The number of carboxylic acid groups (broad SMARTS) is 1. The van der Waals surface area contributed by atoms with Gasteiger partial charge < -0.3 is 10.4 Å². The Kier molecular flexibility index (Phi) is 4.21. The summed E-state index contributed by atoms with van der Waals surface area (Å²) in [4.78, 5) is 36.0. The largest absolute Gasteiger partial charge is 0.477 e. The fraction of sp³-hybridized carbons (Fsp3) is 0.133. The molecule has 0 bridgehead atoms. The van der Waals surface area contributed by atoms with Gasteiger partial charge in [0.1, 0.15) is 15.6 Å². The number of carboxylic acids is 1. The van der Waals surface area contributed by atoms with Gasteiger partial charge in [-0.25, -0.2) is 18.4 Å². The molecule has 25 heavy (non-hydrogen) atoms. The van der Waals surface area contributed by atoms with Gasteiger partial charge in [-0.15, -0.1) is 0 Å². The standard InChI is InChI=1S/C15H11F2N3O4S/c1-19-12-11(25-10(5-18-12)14(22)23)13(21)20(15(19)24)6-7-2-3-8(16)9(17)4-7/h2-5,18H,6H2,1H3,(H,22,23). The number of nitrogens with one attached hydrogen (secondary N) is 1. The van der Waals surface area contributed by atoms with E-state index < -0.39 is 28.9 Å². The monoisotopic (exact) mass is 367 g/mol. The molecule has 3 rings (SSSR count). The summed E-state index contributed by atoms with van der Waals surface area (Å²) < 4.78 is 28.4. The van der Waals surface area contributed by atoms with Gasteiger partial charge in [-0.3, -0.25) is 13.9 Å². The maximum atomic E-state index is 13.3. The number of hydrogen-bond acceptors (Lipinski definition) is 5. The van der Waals surface area contributed by atoms with Crippen LogP contribution in [0.3, 0.4) is 0 Å². The molecular formula is C15H11F2N3O4S. The van der Waals surface area contributed by atoms with Gasteiger partial charge in [0.05, 0.1) is 6.54 Å². The minimum Gasteiger partial charge on any atom is -0.477 e. The van der Waals surface area contributed by atoms with E-state index in [2.05, 4.69) is 5.32 Å². The molecule has 0 saturated heterocycles. The first-order valence-electron chi connectivity index (χ1n) is 6.95. The van der Waals surface area contributed by atoms with Crippen molar-refractivity contribution in [2.24, 2.45) is 7.05 Å².